The number of hydrogen-bond acceptors (Lipinski definition) is 3. The lowest BCUT2D eigenvalue weighted by atomic mass is 10.1. The van der Waals surface area contributed by atoms with Crippen LogP contribution in [0.3, 0.4) is 0 Å². The van der Waals surface area contributed by atoms with Gasteiger partial charge in [0.25, 0.3) is 0 Å². The Hall–Kier alpha value is -0.870. The molecular weight excluding hydrogens is 204 g/mol. The average molecular weight is 226 g/mol. The van der Waals surface area contributed by atoms with Crippen LogP contribution in [-0.2, 0) is 4.79 Å². The molecule has 1 atom stereocenters. The number of aliphatic hydroxyl groups excluding tert-OH is 1. The molecule has 1 saturated heterocycles. The summed E-state index contributed by atoms with van der Waals surface area (Å²) in [5.41, 5.74) is 0. The highest BCUT2D eigenvalue weighted by molar-refractivity contribution is 5.78. The van der Waals surface area contributed by atoms with E-state index < -0.39 is 0 Å². The van der Waals surface area contributed by atoms with Crippen molar-refractivity contribution in [2.75, 3.05) is 26.2 Å². The highest BCUT2D eigenvalue weighted by Gasteiger charge is 2.27. The van der Waals surface area contributed by atoms with E-state index in [0.29, 0.717) is 19.1 Å². The summed E-state index contributed by atoms with van der Waals surface area (Å²) in [6, 6.07) is 0.338. The van der Waals surface area contributed by atoms with Crippen LogP contribution in [0.15, 0.2) is 12.7 Å². The molecule has 4 nitrogen and oxygen atoms in total. The number of nitrogens with one attached hydrogen (secondary N) is 1. The minimum absolute atomic E-state index is 0.169. The van der Waals surface area contributed by atoms with Crippen molar-refractivity contribution in [2.24, 2.45) is 0 Å². The lowest BCUT2D eigenvalue weighted by Crippen LogP contribution is -2.41. The monoisotopic (exact) mass is 226 g/mol. The highest BCUT2D eigenvalue weighted by atomic mass is 16.3. The Morgan fingerprint density at radius 1 is 1.62 bits per heavy atom. The fourth-order valence-electron chi connectivity index (χ4n) is 2.17. The lowest BCUT2D eigenvalue weighted by molar-refractivity contribution is -0.131. The Labute approximate surface area is 97.3 Å². The quantitative estimate of drug-likeness (QED) is 0.492. The zero-order valence-corrected chi connectivity index (χ0v) is 9.82. The van der Waals surface area contributed by atoms with E-state index in [-0.39, 0.29) is 12.5 Å². The first-order valence-corrected chi connectivity index (χ1v) is 6.01. The van der Waals surface area contributed by atoms with E-state index in [4.69, 9.17) is 5.11 Å². The summed E-state index contributed by atoms with van der Waals surface area (Å²) < 4.78 is 0. The Bertz CT molecular complexity index is 231. The highest BCUT2D eigenvalue weighted by Crippen LogP contribution is 2.20. The Morgan fingerprint density at radius 2 is 2.44 bits per heavy atom. The number of rotatable bonds is 7. The number of carbonyl (C=O) groups is 1. The molecule has 0 saturated carbocycles. The normalized spacial score (nSPS) is 20.1. The second-order valence-corrected chi connectivity index (χ2v) is 4.17. The number of carbonyl (C=O) groups excluding carboxylic acids is 1. The van der Waals surface area contributed by atoms with Crippen molar-refractivity contribution in [2.45, 2.75) is 31.7 Å². The molecule has 0 aliphatic carbocycles. The van der Waals surface area contributed by atoms with E-state index in [0.717, 1.165) is 32.2 Å². The SMILES string of the molecule is C=CCNCC(=O)N1CCCC1CCCO. The van der Waals surface area contributed by atoms with Crippen molar-refractivity contribution in [1.29, 1.82) is 0 Å². The molecular formula is C12H22N2O2. The van der Waals surface area contributed by atoms with Crippen molar-refractivity contribution in [3.63, 3.8) is 0 Å². The minimum Gasteiger partial charge on any atom is -0.396 e. The molecule has 0 spiro atoms. The third-order valence-electron chi connectivity index (χ3n) is 2.96. The van der Waals surface area contributed by atoms with E-state index in [1.54, 1.807) is 6.08 Å². The van der Waals surface area contributed by atoms with E-state index >= 15 is 0 Å². The van der Waals surface area contributed by atoms with E-state index in [1.807, 2.05) is 4.90 Å². The molecule has 0 aromatic rings. The summed E-state index contributed by atoms with van der Waals surface area (Å²) >= 11 is 0. The van der Waals surface area contributed by atoms with Crippen LogP contribution in [0.5, 0.6) is 0 Å². The third kappa shape index (κ3) is 3.94. The van der Waals surface area contributed by atoms with Gasteiger partial charge < -0.3 is 15.3 Å². The van der Waals surface area contributed by atoms with Gasteiger partial charge in [0.05, 0.1) is 6.54 Å². The summed E-state index contributed by atoms with van der Waals surface area (Å²) in [5.74, 6) is 0.169. The van der Waals surface area contributed by atoms with Crippen molar-refractivity contribution < 1.29 is 9.90 Å². The number of aliphatic hydroxyl groups is 1. The zero-order valence-electron chi connectivity index (χ0n) is 9.82. The number of nitrogens with zero attached hydrogens (tertiary/aromatic N) is 1. The van der Waals surface area contributed by atoms with Crippen LogP contribution in [0.1, 0.15) is 25.7 Å². The van der Waals surface area contributed by atoms with Crippen LogP contribution in [0.2, 0.25) is 0 Å². The molecule has 1 rings (SSSR count). The van der Waals surface area contributed by atoms with Gasteiger partial charge in [0.1, 0.15) is 0 Å². The average Bonchev–Trinajstić information content (AvgIpc) is 2.74. The topological polar surface area (TPSA) is 52.6 Å². The van der Waals surface area contributed by atoms with Gasteiger partial charge in [-0.1, -0.05) is 6.08 Å². The van der Waals surface area contributed by atoms with Gasteiger partial charge >= 0.3 is 0 Å². The first kappa shape index (κ1) is 13.2. The molecule has 1 aliphatic rings. The maximum absolute atomic E-state index is 11.9. The smallest absolute Gasteiger partial charge is 0.236 e. The standard InChI is InChI=1S/C12H22N2O2/c1-2-7-13-10-12(16)14-8-3-5-11(14)6-4-9-15/h2,11,13,15H,1,3-10H2. The molecule has 0 aromatic carbocycles. The van der Waals surface area contributed by atoms with E-state index in [2.05, 4.69) is 11.9 Å². The summed E-state index contributed by atoms with van der Waals surface area (Å²) in [6.45, 7) is 5.73. The first-order chi connectivity index (χ1) is 7.79. The predicted octanol–water partition coefficient (Wildman–Crippen LogP) is 0.525. The second kappa shape index (κ2) is 7.41. The molecule has 0 radical (unpaired) electrons. The predicted molar refractivity (Wildman–Crippen MR) is 64.1 cm³/mol. The fourth-order valence-corrected chi connectivity index (χ4v) is 2.17. The van der Waals surface area contributed by atoms with Crippen molar-refractivity contribution in [1.82, 2.24) is 10.2 Å². The Kier molecular flexibility index (Phi) is 6.11. The molecule has 1 fully saturated rings. The number of amides is 1. The van der Waals surface area contributed by atoms with Gasteiger partial charge in [0.15, 0.2) is 0 Å². The molecule has 1 unspecified atom stereocenters. The summed E-state index contributed by atoms with van der Waals surface area (Å²) in [7, 11) is 0. The molecule has 2 N–H and O–H groups in total. The fraction of sp³-hybridized carbons (Fsp3) is 0.750. The molecule has 92 valence electrons. The van der Waals surface area contributed by atoms with Gasteiger partial charge in [0.2, 0.25) is 5.91 Å². The molecule has 0 aromatic heterocycles. The summed E-state index contributed by atoms with van der Waals surface area (Å²) in [6.07, 6.45) is 5.62. The van der Waals surface area contributed by atoms with Gasteiger partial charge in [-0.2, -0.15) is 0 Å². The zero-order chi connectivity index (χ0) is 11.8. The maximum Gasteiger partial charge on any atom is 0.236 e. The molecule has 1 heterocycles. The Morgan fingerprint density at radius 3 is 3.12 bits per heavy atom. The Balaban J connectivity index is 2.32. The van der Waals surface area contributed by atoms with Crippen LogP contribution in [0, 0.1) is 0 Å². The van der Waals surface area contributed by atoms with Crippen LogP contribution in [-0.4, -0.2) is 48.2 Å². The van der Waals surface area contributed by atoms with Gasteiger partial charge in [-0.15, -0.1) is 6.58 Å². The molecule has 1 aliphatic heterocycles. The van der Waals surface area contributed by atoms with Crippen molar-refractivity contribution >= 4 is 5.91 Å². The van der Waals surface area contributed by atoms with E-state index in [9.17, 15) is 4.79 Å². The molecule has 4 heteroatoms. The molecule has 16 heavy (non-hydrogen) atoms. The molecule has 0 bridgehead atoms. The van der Waals surface area contributed by atoms with Crippen LogP contribution in [0.25, 0.3) is 0 Å². The van der Waals surface area contributed by atoms with E-state index in [1.165, 1.54) is 0 Å². The van der Waals surface area contributed by atoms with Gasteiger partial charge in [-0.05, 0) is 25.7 Å². The van der Waals surface area contributed by atoms with Gasteiger partial charge in [-0.3, -0.25) is 4.79 Å². The second-order valence-electron chi connectivity index (χ2n) is 4.17. The van der Waals surface area contributed by atoms with Gasteiger partial charge in [-0.25, -0.2) is 0 Å². The van der Waals surface area contributed by atoms with Gasteiger partial charge in [0, 0.05) is 25.7 Å². The van der Waals surface area contributed by atoms with Crippen LogP contribution in [0.4, 0.5) is 0 Å². The lowest BCUT2D eigenvalue weighted by Gasteiger charge is -2.24. The molecule has 1 amide bonds. The third-order valence-corrected chi connectivity index (χ3v) is 2.96. The maximum atomic E-state index is 11.9. The largest absolute Gasteiger partial charge is 0.396 e. The van der Waals surface area contributed by atoms with Crippen molar-refractivity contribution in [3.8, 4) is 0 Å². The number of hydrogen-bond donors (Lipinski definition) is 2. The van der Waals surface area contributed by atoms with Crippen LogP contribution >= 0.6 is 0 Å². The van der Waals surface area contributed by atoms with Crippen LogP contribution < -0.4 is 5.32 Å². The minimum atomic E-state index is 0.169. The summed E-state index contributed by atoms with van der Waals surface area (Å²) in [5, 5.41) is 11.8. The summed E-state index contributed by atoms with van der Waals surface area (Å²) in [4.78, 5) is 13.8. The number of likely N-dealkylation sites (tertiary alicyclic amines) is 1. The van der Waals surface area contributed by atoms with Crippen molar-refractivity contribution in [3.05, 3.63) is 12.7 Å². The first-order valence-electron chi connectivity index (χ1n) is 6.01.